The smallest absolute Gasteiger partial charge is 0.231 e. The quantitative estimate of drug-likeness (QED) is 0.926. The van der Waals surface area contributed by atoms with Crippen molar-refractivity contribution in [3.05, 3.63) is 10.6 Å². The highest BCUT2D eigenvalue weighted by atomic mass is 32.1. The summed E-state index contributed by atoms with van der Waals surface area (Å²) >= 11 is 1.58. The number of thiazole rings is 1. The second kappa shape index (κ2) is 5.75. The first kappa shape index (κ1) is 14.5. The van der Waals surface area contributed by atoms with Crippen LogP contribution in [0.15, 0.2) is 0 Å². The number of nitrogens with zero attached hydrogens (tertiary/aromatic N) is 2. The Hall–Kier alpha value is -1.43. The molecule has 0 aromatic carbocycles. The maximum atomic E-state index is 12.3. The molecular formula is C15H21N3O2S. The van der Waals surface area contributed by atoms with Crippen LogP contribution in [0.25, 0.3) is 0 Å². The molecule has 0 bridgehead atoms. The molecule has 2 amide bonds. The minimum atomic E-state index is -0.241. The molecule has 114 valence electrons. The molecule has 1 aromatic rings. The van der Waals surface area contributed by atoms with Crippen LogP contribution in [0.1, 0.15) is 37.3 Å². The van der Waals surface area contributed by atoms with Gasteiger partial charge in [-0.05, 0) is 25.2 Å². The van der Waals surface area contributed by atoms with Crippen LogP contribution in [0, 0.1) is 11.8 Å². The van der Waals surface area contributed by atoms with E-state index in [-0.39, 0.29) is 17.7 Å². The lowest BCUT2D eigenvalue weighted by Crippen LogP contribution is -2.31. The monoisotopic (exact) mass is 307 g/mol. The Morgan fingerprint density at radius 3 is 3.00 bits per heavy atom. The Morgan fingerprint density at radius 2 is 2.29 bits per heavy atom. The molecule has 3 rings (SSSR count). The zero-order valence-corrected chi connectivity index (χ0v) is 13.3. The van der Waals surface area contributed by atoms with Crippen LogP contribution in [0.2, 0.25) is 0 Å². The zero-order valence-electron chi connectivity index (χ0n) is 12.5. The van der Waals surface area contributed by atoms with Crippen LogP contribution in [0.4, 0.5) is 5.13 Å². The zero-order chi connectivity index (χ0) is 15.0. The third-order valence-electron chi connectivity index (χ3n) is 4.00. The Morgan fingerprint density at radius 1 is 1.48 bits per heavy atom. The molecule has 1 fully saturated rings. The predicted octanol–water partition coefficient (Wildman–Crippen LogP) is 2.07. The molecule has 0 saturated carbocycles. The van der Waals surface area contributed by atoms with Gasteiger partial charge >= 0.3 is 0 Å². The molecule has 0 radical (unpaired) electrons. The van der Waals surface area contributed by atoms with Crippen LogP contribution in [-0.2, 0) is 22.4 Å². The van der Waals surface area contributed by atoms with Crippen LogP contribution in [0.3, 0.4) is 0 Å². The number of rotatable bonds is 4. The summed E-state index contributed by atoms with van der Waals surface area (Å²) in [5, 5.41) is 3.59. The lowest BCUT2D eigenvalue weighted by Gasteiger charge is -2.18. The number of aryl methyl sites for hydroxylation is 2. The number of hydrogen-bond donors (Lipinski definition) is 1. The van der Waals surface area contributed by atoms with Gasteiger partial charge in [0.15, 0.2) is 5.13 Å². The van der Waals surface area contributed by atoms with Gasteiger partial charge in [0.05, 0.1) is 11.6 Å². The van der Waals surface area contributed by atoms with Crippen LogP contribution >= 0.6 is 11.3 Å². The van der Waals surface area contributed by atoms with Crippen molar-refractivity contribution in [3.63, 3.8) is 0 Å². The van der Waals surface area contributed by atoms with E-state index < -0.39 is 0 Å². The summed E-state index contributed by atoms with van der Waals surface area (Å²) in [5.41, 5.74) is 1.14. The first-order chi connectivity index (χ1) is 10.0. The molecule has 1 aromatic heterocycles. The number of aromatic nitrogens is 1. The van der Waals surface area contributed by atoms with Gasteiger partial charge in [0, 0.05) is 24.4 Å². The molecule has 1 atom stereocenters. The largest absolute Gasteiger partial charge is 0.342 e. The lowest BCUT2D eigenvalue weighted by atomic mass is 10.1. The molecule has 0 spiro atoms. The summed E-state index contributed by atoms with van der Waals surface area (Å²) in [7, 11) is 0. The number of hydrogen-bond acceptors (Lipinski definition) is 4. The average molecular weight is 307 g/mol. The van der Waals surface area contributed by atoms with Gasteiger partial charge in [0.2, 0.25) is 11.8 Å². The highest BCUT2D eigenvalue weighted by Gasteiger charge is 2.34. The maximum absolute atomic E-state index is 12.3. The van der Waals surface area contributed by atoms with Crippen LogP contribution in [0.5, 0.6) is 0 Å². The predicted molar refractivity (Wildman–Crippen MR) is 82.3 cm³/mol. The first-order valence-electron chi connectivity index (χ1n) is 7.60. The summed E-state index contributed by atoms with van der Waals surface area (Å²) in [6.07, 6.45) is 3.59. The van der Waals surface area contributed by atoms with Crippen molar-refractivity contribution in [1.29, 1.82) is 0 Å². The molecule has 1 saturated heterocycles. The molecule has 0 unspecified atom stereocenters. The average Bonchev–Trinajstić information content (AvgIpc) is 3.04. The van der Waals surface area contributed by atoms with Crippen molar-refractivity contribution >= 4 is 28.3 Å². The molecular weight excluding hydrogens is 286 g/mol. The Bertz CT molecular complexity index is 546. The fourth-order valence-electron chi connectivity index (χ4n) is 3.02. The Kier molecular flexibility index (Phi) is 3.97. The molecule has 1 aliphatic heterocycles. The van der Waals surface area contributed by atoms with E-state index in [4.69, 9.17) is 0 Å². The summed E-state index contributed by atoms with van der Waals surface area (Å²) < 4.78 is 0. The first-order valence-corrected chi connectivity index (χ1v) is 8.42. The number of anilines is 1. The van der Waals surface area contributed by atoms with Crippen molar-refractivity contribution in [2.75, 3.05) is 18.4 Å². The highest BCUT2D eigenvalue weighted by Crippen LogP contribution is 2.31. The van der Waals surface area contributed by atoms with Crippen molar-refractivity contribution in [2.24, 2.45) is 11.8 Å². The fraction of sp³-hybridized carbons (Fsp3) is 0.667. The second-order valence-corrected chi connectivity index (χ2v) is 7.41. The highest BCUT2D eigenvalue weighted by molar-refractivity contribution is 7.15. The van der Waals surface area contributed by atoms with Crippen LogP contribution < -0.4 is 5.32 Å². The van der Waals surface area contributed by atoms with E-state index in [1.165, 1.54) is 11.3 Å². The number of carbonyl (C=O) groups is 2. The van der Waals surface area contributed by atoms with E-state index in [1.54, 1.807) is 16.2 Å². The SMILES string of the molecule is CC(C)CN1C[C@H](C(=O)Nc2nc3c(s2)CCC3)CC1=O. The molecule has 1 aliphatic carbocycles. The number of carbonyl (C=O) groups excluding carboxylic acids is 2. The normalized spacial score (nSPS) is 21.2. The van der Waals surface area contributed by atoms with Crippen LogP contribution in [-0.4, -0.2) is 34.8 Å². The van der Waals surface area contributed by atoms with Gasteiger partial charge in [-0.25, -0.2) is 4.98 Å². The van der Waals surface area contributed by atoms with Gasteiger partial charge in [0.25, 0.3) is 0 Å². The summed E-state index contributed by atoms with van der Waals surface area (Å²) in [6, 6.07) is 0. The Balaban J connectivity index is 1.59. The van der Waals surface area contributed by atoms with Gasteiger partial charge in [0.1, 0.15) is 0 Å². The van der Waals surface area contributed by atoms with Gasteiger partial charge < -0.3 is 10.2 Å². The number of fused-ring (bicyclic) bond motifs is 1. The molecule has 21 heavy (non-hydrogen) atoms. The van der Waals surface area contributed by atoms with E-state index in [1.807, 2.05) is 0 Å². The summed E-state index contributed by atoms with van der Waals surface area (Å²) in [6.45, 7) is 5.43. The van der Waals surface area contributed by atoms with Gasteiger partial charge in [-0.2, -0.15) is 0 Å². The van der Waals surface area contributed by atoms with Crippen molar-refractivity contribution in [1.82, 2.24) is 9.88 Å². The van der Waals surface area contributed by atoms with Crippen molar-refractivity contribution < 1.29 is 9.59 Å². The minimum absolute atomic E-state index is 0.0676. The van der Waals surface area contributed by atoms with E-state index in [0.29, 0.717) is 24.0 Å². The third-order valence-corrected chi connectivity index (χ3v) is 5.07. The van der Waals surface area contributed by atoms with Crippen molar-refractivity contribution in [2.45, 2.75) is 39.5 Å². The molecule has 5 nitrogen and oxygen atoms in total. The minimum Gasteiger partial charge on any atom is -0.342 e. The van der Waals surface area contributed by atoms with Crippen molar-refractivity contribution in [3.8, 4) is 0 Å². The molecule has 2 heterocycles. The number of nitrogens with one attached hydrogen (secondary N) is 1. The van der Waals surface area contributed by atoms with Gasteiger partial charge in [-0.3, -0.25) is 9.59 Å². The second-order valence-electron chi connectivity index (χ2n) is 6.33. The molecule has 6 heteroatoms. The number of likely N-dealkylation sites (tertiary alicyclic amines) is 1. The van der Waals surface area contributed by atoms with E-state index in [9.17, 15) is 9.59 Å². The van der Waals surface area contributed by atoms with E-state index >= 15 is 0 Å². The van der Waals surface area contributed by atoms with Gasteiger partial charge in [-0.1, -0.05) is 13.8 Å². The Labute approximate surface area is 128 Å². The van der Waals surface area contributed by atoms with E-state index in [2.05, 4.69) is 24.1 Å². The summed E-state index contributed by atoms with van der Waals surface area (Å²) in [4.78, 5) is 31.8. The topological polar surface area (TPSA) is 62.3 Å². The number of amides is 2. The third kappa shape index (κ3) is 3.10. The fourth-order valence-corrected chi connectivity index (χ4v) is 4.07. The molecule has 1 N–H and O–H groups in total. The lowest BCUT2D eigenvalue weighted by molar-refractivity contribution is -0.128. The maximum Gasteiger partial charge on any atom is 0.231 e. The molecule has 2 aliphatic rings. The standard InChI is InChI=1S/C15H21N3O2S/c1-9(2)7-18-8-10(6-13(18)19)14(20)17-15-16-11-4-3-5-12(11)21-15/h9-10H,3-8H2,1-2H3,(H,16,17,20)/t10-/m1/s1. The van der Waals surface area contributed by atoms with Gasteiger partial charge in [-0.15, -0.1) is 11.3 Å². The van der Waals surface area contributed by atoms with E-state index in [0.717, 1.165) is 25.1 Å². The summed E-state index contributed by atoms with van der Waals surface area (Å²) in [5.74, 6) is 0.209.